The Morgan fingerprint density at radius 1 is 1.29 bits per heavy atom. The van der Waals surface area contributed by atoms with Crippen molar-refractivity contribution in [2.75, 3.05) is 31.6 Å². The minimum atomic E-state index is -0.480. The Morgan fingerprint density at radius 2 is 2.16 bits per heavy atom. The van der Waals surface area contributed by atoms with Crippen LogP contribution in [0.3, 0.4) is 0 Å². The predicted molar refractivity (Wildman–Crippen MR) is 146 cm³/mol. The summed E-state index contributed by atoms with van der Waals surface area (Å²) in [6.07, 6.45) is 8.46. The zero-order valence-electron chi connectivity index (χ0n) is 21.1. The minimum absolute atomic E-state index is 0.0338. The van der Waals surface area contributed by atoms with Crippen LogP contribution >= 0.6 is 22.9 Å². The van der Waals surface area contributed by atoms with Gasteiger partial charge >= 0.3 is 5.97 Å². The molecular weight excluding hydrogens is 529 g/mol. The molecule has 0 saturated carbocycles. The summed E-state index contributed by atoms with van der Waals surface area (Å²) in [6.45, 7) is 4.61. The highest BCUT2D eigenvalue weighted by molar-refractivity contribution is 7.19. The van der Waals surface area contributed by atoms with Gasteiger partial charge in [-0.1, -0.05) is 24.1 Å². The van der Waals surface area contributed by atoms with E-state index in [0.717, 1.165) is 46.5 Å². The molecule has 2 aliphatic heterocycles. The number of hydrogen-bond acceptors (Lipinski definition) is 8. The maximum atomic E-state index is 13.6. The van der Waals surface area contributed by atoms with Crippen LogP contribution in [0.4, 0.5) is 15.9 Å². The summed E-state index contributed by atoms with van der Waals surface area (Å²) in [5.74, 6) is -0.0815. The number of halogens is 2. The summed E-state index contributed by atoms with van der Waals surface area (Å²) < 4.78 is 18.8. The molecule has 1 fully saturated rings. The molecule has 1 N–H and O–H groups in total. The zero-order valence-corrected chi connectivity index (χ0v) is 22.7. The van der Waals surface area contributed by atoms with Gasteiger partial charge in [-0.3, -0.25) is 14.5 Å². The quantitative estimate of drug-likeness (QED) is 0.320. The van der Waals surface area contributed by atoms with Crippen LogP contribution in [0.25, 0.3) is 10.2 Å². The molecule has 1 aromatic carbocycles. The van der Waals surface area contributed by atoms with E-state index < -0.39 is 5.82 Å². The Balaban J connectivity index is 1.26. The number of nitrogens with one attached hydrogen (secondary N) is 1. The lowest BCUT2D eigenvalue weighted by Crippen LogP contribution is -2.45. The number of carbonyl (C=O) groups excluding carboxylic acids is 2. The molecule has 1 saturated heterocycles. The number of amides is 1. The third-order valence-electron chi connectivity index (χ3n) is 6.90. The van der Waals surface area contributed by atoms with Crippen molar-refractivity contribution >= 4 is 56.5 Å². The fourth-order valence-electron chi connectivity index (χ4n) is 5.03. The Labute approximate surface area is 229 Å². The van der Waals surface area contributed by atoms with E-state index in [1.165, 1.54) is 18.5 Å². The van der Waals surface area contributed by atoms with Crippen molar-refractivity contribution in [3.8, 4) is 0 Å². The second-order valence-corrected chi connectivity index (χ2v) is 10.8. The van der Waals surface area contributed by atoms with Crippen molar-refractivity contribution < 1.29 is 18.7 Å². The maximum absolute atomic E-state index is 13.6. The lowest BCUT2D eigenvalue weighted by atomic mass is 10.0. The number of piperidine rings is 1. The predicted octanol–water partition coefficient (Wildman–Crippen LogP) is 5.09. The highest BCUT2D eigenvalue weighted by Gasteiger charge is 2.29. The average molecular weight is 558 g/mol. The molecule has 2 aromatic heterocycles. The summed E-state index contributed by atoms with van der Waals surface area (Å²) in [6, 6.07) is 4.20. The van der Waals surface area contributed by atoms with Gasteiger partial charge < -0.3 is 15.0 Å². The molecule has 1 atom stereocenters. The molecule has 200 valence electrons. The molecule has 5 rings (SSSR count). The Bertz CT molecular complexity index is 1380. The number of hydrogen-bond donors (Lipinski definition) is 1. The Morgan fingerprint density at radius 3 is 2.97 bits per heavy atom. The molecule has 4 heterocycles. The van der Waals surface area contributed by atoms with Gasteiger partial charge in [0.25, 0.3) is 0 Å². The number of likely N-dealkylation sites (tertiary alicyclic amines) is 1. The molecular formula is C27H29ClFN5O3S. The van der Waals surface area contributed by atoms with Gasteiger partial charge in [-0.2, -0.15) is 0 Å². The van der Waals surface area contributed by atoms with Crippen LogP contribution in [-0.4, -0.2) is 63.9 Å². The van der Waals surface area contributed by atoms with Gasteiger partial charge in [-0.25, -0.2) is 14.4 Å². The second-order valence-electron chi connectivity index (χ2n) is 9.33. The van der Waals surface area contributed by atoms with E-state index in [9.17, 15) is 14.0 Å². The molecule has 1 amide bonds. The average Bonchev–Trinajstić information content (AvgIpc) is 3.30. The smallest absolute Gasteiger partial charge is 0.323 e. The van der Waals surface area contributed by atoms with Crippen molar-refractivity contribution in [3.63, 3.8) is 0 Å². The molecule has 2 aliphatic rings. The van der Waals surface area contributed by atoms with Gasteiger partial charge in [-0.05, 0) is 56.5 Å². The number of thiophene rings is 1. The molecule has 0 bridgehead atoms. The first kappa shape index (κ1) is 26.5. The lowest BCUT2D eigenvalue weighted by molar-refractivity contribution is -0.150. The third-order valence-corrected chi connectivity index (χ3v) is 8.32. The largest absolute Gasteiger partial charge is 0.465 e. The summed E-state index contributed by atoms with van der Waals surface area (Å²) in [7, 11) is 0. The van der Waals surface area contributed by atoms with Gasteiger partial charge in [0.05, 0.1) is 23.6 Å². The fourth-order valence-corrected chi connectivity index (χ4v) is 6.41. The third kappa shape index (κ3) is 5.67. The normalized spacial score (nSPS) is 18.1. The van der Waals surface area contributed by atoms with Crippen molar-refractivity contribution in [3.05, 3.63) is 58.0 Å². The van der Waals surface area contributed by atoms with E-state index in [2.05, 4.69) is 20.2 Å². The summed E-state index contributed by atoms with van der Waals surface area (Å²) in [4.78, 5) is 40.0. The number of nitrogens with zero attached hydrogens (tertiary/aromatic N) is 4. The number of fused-ring (bicyclic) bond motifs is 3. The Kier molecular flexibility index (Phi) is 8.21. The van der Waals surface area contributed by atoms with Crippen LogP contribution in [0.2, 0.25) is 5.02 Å². The van der Waals surface area contributed by atoms with Crippen molar-refractivity contribution in [1.29, 1.82) is 0 Å². The van der Waals surface area contributed by atoms with Crippen molar-refractivity contribution in [2.24, 2.45) is 0 Å². The van der Waals surface area contributed by atoms with E-state index in [0.29, 0.717) is 44.2 Å². The zero-order chi connectivity index (χ0) is 26.6. The highest BCUT2D eigenvalue weighted by atomic mass is 35.5. The number of esters is 1. The van der Waals surface area contributed by atoms with Crippen LogP contribution in [0.5, 0.6) is 0 Å². The first-order valence-corrected chi connectivity index (χ1v) is 14.0. The molecule has 38 heavy (non-hydrogen) atoms. The number of benzene rings is 1. The van der Waals surface area contributed by atoms with E-state index in [1.807, 2.05) is 17.9 Å². The minimum Gasteiger partial charge on any atom is -0.465 e. The number of ether oxygens (including phenoxy) is 1. The van der Waals surface area contributed by atoms with Crippen molar-refractivity contribution in [2.45, 2.75) is 45.2 Å². The van der Waals surface area contributed by atoms with E-state index in [-0.39, 0.29) is 22.9 Å². The number of anilines is 2. The molecule has 0 spiro atoms. The van der Waals surface area contributed by atoms with Crippen LogP contribution in [-0.2, 0) is 27.3 Å². The summed E-state index contributed by atoms with van der Waals surface area (Å²) in [5, 5.41) is 4.19. The Hall–Kier alpha value is -3.08. The standard InChI is InChI=1S/C27H29ClFN5O3S/c1-2-37-27(36)21-6-3-4-11-33(21)12-5-7-23(35)34-13-10-18-22(15-34)38-26-24(18)25(30-16-31-26)32-17-8-9-20(29)19(28)14-17/h5,7-9,14,16,21H,2-4,6,10-13,15H2,1H3,(H,30,31,32). The second kappa shape index (κ2) is 11.8. The van der Waals surface area contributed by atoms with Gasteiger partial charge in [0.15, 0.2) is 0 Å². The van der Waals surface area contributed by atoms with E-state index in [4.69, 9.17) is 16.3 Å². The highest BCUT2D eigenvalue weighted by Crippen LogP contribution is 2.38. The maximum Gasteiger partial charge on any atom is 0.323 e. The van der Waals surface area contributed by atoms with Gasteiger partial charge in [0, 0.05) is 29.7 Å². The van der Waals surface area contributed by atoms with Crippen LogP contribution in [0, 0.1) is 5.82 Å². The van der Waals surface area contributed by atoms with Crippen LogP contribution in [0.1, 0.15) is 36.6 Å². The van der Waals surface area contributed by atoms with Crippen LogP contribution in [0.15, 0.2) is 36.7 Å². The molecule has 0 aliphatic carbocycles. The lowest BCUT2D eigenvalue weighted by Gasteiger charge is -2.33. The van der Waals surface area contributed by atoms with E-state index >= 15 is 0 Å². The monoisotopic (exact) mass is 557 g/mol. The summed E-state index contributed by atoms with van der Waals surface area (Å²) in [5.41, 5.74) is 1.76. The van der Waals surface area contributed by atoms with Gasteiger partial charge in [0.2, 0.25) is 5.91 Å². The van der Waals surface area contributed by atoms with Crippen molar-refractivity contribution in [1.82, 2.24) is 19.8 Å². The van der Waals surface area contributed by atoms with Gasteiger partial charge in [-0.15, -0.1) is 11.3 Å². The molecule has 8 nitrogen and oxygen atoms in total. The molecule has 11 heteroatoms. The van der Waals surface area contributed by atoms with Crippen LogP contribution < -0.4 is 5.32 Å². The first-order chi connectivity index (χ1) is 18.4. The SMILES string of the molecule is CCOC(=O)C1CCCCN1CC=CC(=O)N1CCc2c(sc3ncnc(Nc4ccc(F)c(Cl)c4)c23)C1. The molecule has 1 unspecified atom stereocenters. The molecule has 0 radical (unpaired) electrons. The topological polar surface area (TPSA) is 87.7 Å². The summed E-state index contributed by atoms with van der Waals surface area (Å²) >= 11 is 7.49. The van der Waals surface area contributed by atoms with E-state index in [1.54, 1.807) is 23.5 Å². The molecule has 3 aromatic rings. The first-order valence-electron chi connectivity index (χ1n) is 12.8. The number of aromatic nitrogens is 2. The van der Waals surface area contributed by atoms with Gasteiger partial charge in [0.1, 0.15) is 28.8 Å². The number of rotatable bonds is 7. The fraction of sp³-hybridized carbons (Fsp3) is 0.407. The number of carbonyl (C=O) groups is 2.